The number of hydrogen-bond acceptors (Lipinski definition) is 6. The van der Waals surface area contributed by atoms with Gasteiger partial charge in [-0.3, -0.25) is 9.10 Å². The molecule has 0 spiro atoms. The van der Waals surface area contributed by atoms with E-state index in [9.17, 15) is 21.6 Å². The molecule has 0 radical (unpaired) electrons. The molecule has 1 aliphatic rings. The Morgan fingerprint density at radius 3 is 2.33 bits per heavy atom. The molecule has 162 valence electrons. The molecular formula is C20H24N2O6S2. The molecule has 30 heavy (non-hydrogen) atoms. The van der Waals surface area contributed by atoms with Crippen LogP contribution in [0, 0.1) is 6.92 Å². The summed E-state index contributed by atoms with van der Waals surface area (Å²) in [5.74, 6) is 0.0310. The van der Waals surface area contributed by atoms with Gasteiger partial charge in [0, 0.05) is 13.1 Å². The summed E-state index contributed by atoms with van der Waals surface area (Å²) < 4.78 is 55.0. The van der Waals surface area contributed by atoms with Crippen LogP contribution in [0.25, 0.3) is 0 Å². The van der Waals surface area contributed by atoms with Crippen LogP contribution in [-0.2, 0) is 24.7 Å². The van der Waals surface area contributed by atoms with Crippen molar-refractivity contribution < 1.29 is 26.4 Å². The molecule has 1 atom stereocenters. The predicted octanol–water partition coefficient (Wildman–Crippen LogP) is 1.50. The number of amides is 1. The zero-order chi connectivity index (χ0) is 21.9. The first-order valence-electron chi connectivity index (χ1n) is 9.35. The number of nitrogens with one attached hydrogen (secondary N) is 1. The van der Waals surface area contributed by atoms with Crippen LogP contribution in [0.4, 0.5) is 5.69 Å². The van der Waals surface area contributed by atoms with Crippen molar-refractivity contribution in [3.63, 3.8) is 0 Å². The van der Waals surface area contributed by atoms with Gasteiger partial charge in [-0.05, 0) is 49.7 Å². The van der Waals surface area contributed by atoms with Crippen LogP contribution in [0.5, 0.6) is 5.75 Å². The van der Waals surface area contributed by atoms with E-state index in [1.807, 2.05) is 6.92 Å². The number of ether oxygens (including phenoxy) is 1. The van der Waals surface area contributed by atoms with Crippen molar-refractivity contribution in [2.45, 2.75) is 24.3 Å². The third kappa shape index (κ3) is 5.31. The quantitative estimate of drug-likeness (QED) is 0.682. The summed E-state index contributed by atoms with van der Waals surface area (Å²) in [6.45, 7) is 1.63. The molecule has 0 unspecified atom stereocenters. The van der Waals surface area contributed by atoms with E-state index in [4.69, 9.17) is 4.74 Å². The monoisotopic (exact) mass is 452 g/mol. The Hall–Kier alpha value is -2.59. The number of nitrogens with zero attached hydrogens (tertiary/aromatic N) is 1. The van der Waals surface area contributed by atoms with E-state index in [2.05, 4.69) is 5.32 Å². The molecule has 1 amide bonds. The standard InChI is InChI=1S/C20H24N2O6S2/c1-15-3-9-19(10-4-15)30(26,27)22(2)17-5-7-18(8-6-17)28-13-20(23)21-16-11-12-29(24,25)14-16/h3-10,16H,11-14H2,1-2H3,(H,21,23)/t16-/m0/s1. The van der Waals surface area contributed by atoms with Gasteiger partial charge in [-0.1, -0.05) is 17.7 Å². The topological polar surface area (TPSA) is 110 Å². The highest BCUT2D eigenvalue weighted by Gasteiger charge is 2.29. The van der Waals surface area contributed by atoms with Gasteiger partial charge in [-0.25, -0.2) is 16.8 Å². The molecule has 2 aromatic rings. The molecule has 1 saturated heterocycles. The lowest BCUT2D eigenvalue weighted by Gasteiger charge is -2.20. The van der Waals surface area contributed by atoms with Crippen molar-refractivity contribution in [2.75, 3.05) is 29.5 Å². The number of aryl methyl sites for hydroxylation is 1. The number of sulfonamides is 1. The first-order chi connectivity index (χ1) is 14.1. The molecule has 1 fully saturated rings. The van der Waals surface area contributed by atoms with Crippen LogP contribution in [-0.4, -0.2) is 53.9 Å². The second-order valence-electron chi connectivity index (χ2n) is 7.24. The van der Waals surface area contributed by atoms with Gasteiger partial charge < -0.3 is 10.1 Å². The highest BCUT2D eigenvalue weighted by atomic mass is 32.2. The van der Waals surface area contributed by atoms with Crippen LogP contribution in [0.15, 0.2) is 53.4 Å². The van der Waals surface area contributed by atoms with Gasteiger partial charge in [0.2, 0.25) is 0 Å². The van der Waals surface area contributed by atoms with Gasteiger partial charge in [-0.15, -0.1) is 0 Å². The van der Waals surface area contributed by atoms with E-state index >= 15 is 0 Å². The zero-order valence-electron chi connectivity index (χ0n) is 16.7. The second kappa shape index (κ2) is 8.65. The normalized spacial score (nSPS) is 18.0. The van der Waals surface area contributed by atoms with Gasteiger partial charge in [0.15, 0.2) is 16.4 Å². The third-order valence-corrected chi connectivity index (χ3v) is 8.41. The van der Waals surface area contributed by atoms with E-state index in [0.29, 0.717) is 17.9 Å². The van der Waals surface area contributed by atoms with Gasteiger partial charge in [-0.2, -0.15) is 0 Å². The summed E-state index contributed by atoms with van der Waals surface area (Å²) in [4.78, 5) is 12.1. The number of sulfone groups is 1. The van der Waals surface area contributed by atoms with Crippen molar-refractivity contribution in [1.29, 1.82) is 0 Å². The van der Waals surface area contributed by atoms with Crippen molar-refractivity contribution in [3.8, 4) is 5.75 Å². The molecule has 2 aromatic carbocycles. The maximum atomic E-state index is 12.8. The fourth-order valence-electron chi connectivity index (χ4n) is 3.09. The first kappa shape index (κ1) is 22.1. The molecule has 8 nitrogen and oxygen atoms in total. The van der Waals surface area contributed by atoms with Crippen LogP contribution < -0.4 is 14.4 Å². The summed E-state index contributed by atoms with van der Waals surface area (Å²) in [7, 11) is -5.29. The van der Waals surface area contributed by atoms with Gasteiger partial charge in [0.25, 0.3) is 15.9 Å². The van der Waals surface area contributed by atoms with Crippen molar-refractivity contribution in [2.24, 2.45) is 0 Å². The number of anilines is 1. The SMILES string of the molecule is Cc1ccc(S(=O)(=O)N(C)c2ccc(OCC(=O)N[C@H]3CCS(=O)(=O)C3)cc2)cc1. The fraction of sp³-hybridized carbons (Fsp3) is 0.350. The van der Waals surface area contributed by atoms with Crippen molar-refractivity contribution in [1.82, 2.24) is 5.32 Å². The van der Waals surface area contributed by atoms with Crippen LogP contribution in [0.3, 0.4) is 0 Å². The number of benzene rings is 2. The summed E-state index contributed by atoms with van der Waals surface area (Å²) >= 11 is 0. The average molecular weight is 453 g/mol. The Labute approximate surface area is 176 Å². The molecule has 1 aliphatic heterocycles. The maximum Gasteiger partial charge on any atom is 0.264 e. The minimum atomic E-state index is -3.69. The minimum Gasteiger partial charge on any atom is -0.484 e. The summed E-state index contributed by atoms with van der Waals surface area (Å²) in [6, 6.07) is 12.5. The lowest BCUT2D eigenvalue weighted by molar-refractivity contribution is -0.123. The summed E-state index contributed by atoms with van der Waals surface area (Å²) in [5.41, 5.74) is 1.42. The minimum absolute atomic E-state index is 0.0464. The molecule has 1 heterocycles. The van der Waals surface area contributed by atoms with Crippen LogP contribution in [0.2, 0.25) is 0 Å². The Balaban J connectivity index is 1.58. The molecule has 10 heteroatoms. The number of carbonyl (C=O) groups excluding carboxylic acids is 1. The lowest BCUT2D eigenvalue weighted by Crippen LogP contribution is -2.38. The Kier molecular flexibility index (Phi) is 6.37. The van der Waals surface area contributed by atoms with E-state index in [1.165, 1.54) is 11.4 Å². The fourth-order valence-corrected chi connectivity index (χ4v) is 5.96. The maximum absolute atomic E-state index is 12.8. The number of carbonyl (C=O) groups is 1. The molecule has 0 saturated carbocycles. The van der Waals surface area contributed by atoms with Gasteiger partial charge >= 0.3 is 0 Å². The van der Waals surface area contributed by atoms with E-state index in [0.717, 1.165) is 5.56 Å². The Morgan fingerprint density at radius 1 is 1.13 bits per heavy atom. The van der Waals surface area contributed by atoms with Crippen LogP contribution in [0.1, 0.15) is 12.0 Å². The second-order valence-corrected chi connectivity index (χ2v) is 11.4. The third-order valence-electron chi connectivity index (χ3n) is 4.85. The number of rotatable bonds is 7. The van der Waals surface area contributed by atoms with Crippen molar-refractivity contribution in [3.05, 3.63) is 54.1 Å². The van der Waals surface area contributed by atoms with E-state index < -0.39 is 25.8 Å². The summed E-state index contributed by atoms with van der Waals surface area (Å²) in [5, 5.41) is 2.65. The largest absolute Gasteiger partial charge is 0.484 e. The Morgan fingerprint density at radius 2 is 1.77 bits per heavy atom. The zero-order valence-corrected chi connectivity index (χ0v) is 18.4. The molecule has 1 N–H and O–H groups in total. The Bertz CT molecular complexity index is 1110. The van der Waals surface area contributed by atoms with E-state index in [-0.39, 0.29) is 29.0 Å². The first-order valence-corrected chi connectivity index (χ1v) is 12.6. The van der Waals surface area contributed by atoms with Crippen molar-refractivity contribution >= 4 is 31.5 Å². The molecule has 0 aliphatic carbocycles. The lowest BCUT2D eigenvalue weighted by atomic mass is 10.2. The highest BCUT2D eigenvalue weighted by molar-refractivity contribution is 7.92. The smallest absolute Gasteiger partial charge is 0.264 e. The molecule has 0 bridgehead atoms. The van der Waals surface area contributed by atoms with Crippen LogP contribution >= 0.6 is 0 Å². The van der Waals surface area contributed by atoms with Gasteiger partial charge in [0.05, 0.1) is 22.1 Å². The molecule has 3 rings (SSSR count). The number of hydrogen-bond donors (Lipinski definition) is 1. The molecule has 0 aromatic heterocycles. The van der Waals surface area contributed by atoms with E-state index in [1.54, 1.807) is 48.5 Å². The molecular weight excluding hydrogens is 428 g/mol. The van der Waals surface area contributed by atoms with Gasteiger partial charge in [0.1, 0.15) is 5.75 Å². The predicted molar refractivity (Wildman–Crippen MR) is 114 cm³/mol. The average Bonchev–Trinajstić information content (AvgIpc) is 3.04. The highest BCUT2D eigenvalue weighted by Crippen LogP contribution is 2.24. The summed E-state index contributed by atoms with van der Waals surface area (Å²) in [6.07, 6.45) is 0.407.